The molecule has 5 nitrogen and oxygen atoms in total. The molecule has 4 rings (SSSR count). The van der Waals surface area contributed by atoms with Crippen molar-refractivity contribution in [2.45, 2.75) is 33.1 Å². The number of likely N-dealkylation sites (tertiary alicyclic amines) is 1. The molecule has 1 atom stereocenters. The van der Waals surface area contributed by atoms with Crippen molar-refractivity contribution < 1.29 is 9.59 Å². The molecule has 0 aliphatic carbocycles. The minimum absolute atomic E-state index is 0.0326. The fourth-order valence-electron chi connectivity index (χ4n) is 4.75. The Balaban J connectivity index is 1.54. The second kappa shape index (κ2) is 9.99. The van der Waals surface area contributed by atoms with Gasteiger partial charge in [0.25, 0.3) is 0 Å². The van der Waals surface area contributed by atoms with Crippen LogP contribution in [0.15, 0.2) is 73.1 Å². The third-order valence-electron chi connectivity index (χ3n) is 6.45. The van der Waals surface area contributed by atoms with Crippen molar-refractivity contribution in [3.8, 4) is 11.1 Å². The zero-order valence-electron chi connectivity index (χ0n) is 19.4. The van der Waals surface area contributed by atoms with Crippen molar-refractivity contribution in [2.75, 3.05) is 19.6 Å². The first-order valence-corrected chi connectivity index (χ1v) is 11.6. The smallest absolute Gasteiger partial charge is 0.228 e. The van der Waals surface area contributed by atoms with Gasteiger partial charge in [-0.2, -0.15) is 0 Å². The Morgan fingerprint density at radius 1 is 1.00 bits per heavy atom. The quantitative estimate of drug-likeness (QED) is 0.598. The summed E-state index contributed by atoms with van der Waals surface area (Å²) in [7, 11) is 0. The van der Waals surface area contributed by atoms with E-state index in [1.54, 1.807) is 12.4 Å². The fraction of sp³-hybridized carbons (Fsp3) is 0.321. The second-order valence-electron chi connectivity index (χ2n) is 8.98. The third kappa shape index (κ3) is 5.30. The number of amides is 2. The summed E-state index contributed by atoms with van der Waals surface area (Å²) in [5.41, 5.74) is 4.85. The molecule has 2 amide bonds. The molecule has 1 N–H and O–H groups in total. The molecule has 1 aliphatic heterocycles. The third-order valence-corrected chi connectivity index (χ3v) is 6.45. The van der Waals surface area contributed by atoms with Gasteiger partial charge in [0.1, 0.15) is 0 Å². The monoisotopic (exact) mass is 441 g/mol. The van der Waals surface area contributed by atoms with Crippen LogP contribution < -0.4 is 5.32 Å². The van der Waals surface area contributed by atoms with Crippen LogP contribution in [0.4, 0.5) is 0 Å². The summed E-state index contributed by atoms with van der Waals surface area (Å²) in [5.74, 6) is 0.113. The zero-order chi connectivity index (χ0) is 23.3. The number of carbonyl (C=O) groups is 2. The van der Waals surface area contributed by atoms with Crippen molar-refractivity contribution in [3.63, 3.8) is 0 Å². The van der Waals surface area contributed by atoms with E-state index in [0.717, 1.165) is 27.8 Å². The number of carbonyl (C=O) groups excluding carboxylic acids is 2. The first-order chi connectivity index (χ1) is 16.0. The number of aryl methyl sites for hydroxylation is 1. The Kier molecular flexibility index (Phi) is 6.87. The van der Waals surface area contributed by atoms with Crippen molar-refractivity contribution in [3.05, 3.63) is 89.7 Å². The Bertz CT molecular complexity index is 1130. The van der Waals surface area contributed by atoms with Crippen molar-refractivity contribution >= 4 is 11.8 Å². The molecular weight excluding hydrogens is 410 g/mol. The molecule has 2 heterocycles. The highest BCUT2D eigenvalue weighted by atomic mass is 16.2. The molecule has 1 aromatic heterocycles. The topological polar surface area (TPSA) is 62.3 Å². The lowest BCUT2D eigenvalue weighted by molar-refractivity contribution is -0.132. The molecule has 1 saturated heterocycles. The standard InChI is InChI=1S/C28H31N3O2/c1-3-30-27(33)28(19-23-8-5-9-25(17-23)24-10-13-29-14-11-24)12-15-31(20-28)26(32)18-22-7-4-6-21(2)16-22/h4-11,13-14,16-17H,3,12,15,18-20H2,1-2H3,(H,30,33)/t28-/m0/s1. The van der Waals surface area contributed by atoms with Gasteiger partial charge in [-0.3, -0.25) is 14.6 Å². The Labute approximate surface area is 195 Å². The van der Waals surface area contributed by atoms with Gasteiger partial charge >= 0.3 is 0 Å². The summed E-state index contributed by atoms with van der Waals surface area (Å²) in [6.07, 6.45) is 5.20. The van der Waals surface area contributed by atoms with E-state index in [1.165, 1.54) is 0 Å². The van der Waals surface area contributed by atoms with Gasteiger partial charge in [-0.25, -0.2) is 0 Å². The number of hydrogen-bond acceptors (Lipinski definition) is 3. The predicted octanol–water partition coefficient (Wildman–Crippen LogP) is 4.20. The molecule has 170 valence electrons. The van der Waals surface area contributed by atoms with Gasteiger partial charge in [0, 0.05) is 32.0 Å². The normalized spacial score (nSPS) is 17.7. The number of nitrogens with one attached hydrogen (secondary N) is 1. The van der Waals surface area contributed by atoms with E-state index in [2.05, 4.69) is 34.6 Å². The van der Waals surface area contributed by atoms with Gasteiger partial charge in [0.15, 0.2) is 0 Å². The highest BCUT2D eigenvalue weighted by molar-refractivity contribution is 5.86. The largest absolute Gasteiger partial charge is 0.356 e. The van der Waals surface area contributed by atoms with Crippen LogP contribution >= 0.6 is 0 Å². The molecule has 3 aromatic rings. The highest BCUT2D eigenvalue weighted by Gasteiger charge is 2.45. The summed E-state index contributed by atoms with van der Waals surface area (Å²) < 4.78 is 0. The number of pyridine rings is 1. The number of rotatable bonds is 7. The molecule has 2 aromatic carbocycles. The minimum atomic E-state index is -0.616. The van der Waals surface area contributed by atoms with Gasteiger partial charge < -0.3 is 10.2 Å². The van der Waals surface area contributed by atoms with Crippen LogP contribution in [0.5, 0.6) is 0 Å². The van der Waals surface area contributed by atoms with Crippen LogP contribution in [0.2, 0.25) is 0 Å². The van der Waals surface area contributed by atoms with Crippen LogP contribution in [-0.2, 0) is 22.4 Å². The van der Waals surface area contributed by atoms with Gasteiger partial charge in [0.2, 0.25) is 11.8 Å². The van der Waals surface area contributed by atoms with Gasteiger partial charge in [-0.1, -0.05) is 54.1 Å². The maximum absolute atomic E-state index is 13.2. The van der Waals surface area contributed by atoms with E-state index >= 15 is 0 Å². The van der Waals surface area contributed by atoms with E-state index in [9.17, 15) is 9.59 Å². The van der Waals surface area contributed by atoms with Gasteiger partial charge in [0.05, 0.1) is 11.8 Å². The lowest BCUT2D eigenvalue weighted by Crippen LogP contribution is -2.45. The van der Waals surface area contributed by atoms with Crippen molar-refractivity contribution in [1.82, 2.24) is 15.2 Å². The molecule has 0 saturated carbocycles. The molecule has 0 bridgehead atoms. The lowest BCUT2D eigenvalue weighted by atomic mass is 9.79. The van der Waals surface area contributed by atoms with E-state index in [0.29, 0.717) is 38.9 Å². The molecule has 0 spiro atoms. The fourth-order valence-corrected chi connectivity index (χ4v) is 4.75. The summed E-state index contributed by atoms with van der Waals surface area (Å²) in [6.45, 7) is 5.60. The molecule has 1 fully saturated rings. The van der Waals surface area contributed by atoms with Crippen LogP contribution in [-0.4, -0.2) is 41.3 Å². The van der Waals surface area contributed by atoms with Crippen LogP contribution in [0, 0.1) is 12.3 Å². The van der Waals surface area contributed by atoms with Crippen LogP contribution in [0.1, 0.15) is 30.0 Å². The summed E-state index contributed by atoms with van der Waals surface area (Å²) >= 11 is 0. The highest BCUT2D eigenvalue weighted by Crippen LogP contribution is 2.36. The number of aromatic nitrogens is 1. The van der Waals surface area contributed by atoms with E-state index in [4.69, 9.17) is 0 Å². The van der Waals surface area contributed by atoms with E-state index in [1.807, 2.05) is 55.1 Å². The number of benzene rings is 2. The van der Waals surface area contributed by atoms with Gasteiger partial charge in [-0.05, 0) is 61.1 Å². The molecule has 1 aliphatic rings. The van der Waals surface area contributed by atoms with Gasteiger partial charge in [-0.15, -0.1) is 0 Å². The minimum Gasteiger partial charge on any atom is -0.356 e. The van der Waals surface area contributed by atoms with Crippen molar-refractivity contribution in [2.24, 2.45) is 5.41 Å². The van der Waals surface area contributed by atoms with Crippen LogP contribution in [0.25, 0.3) is 11.1 Å². The Morgan fingerprint density at radius 2 is 1.76 bits per heavy atom. The molecular formula is C28H31N3O2. The van der Waals surface area contributed by atoms with Crippen molar-refractivity contribution in [1.29, 1.82) is 0 Å². The molecule has 0 unspecified atom stereocenters. The predicted molar refractivity (Wildman–Crippen MR) is 131 cm³/mol. The Hall–Kier alpha value is -3.47. The number of hydrogen-bond donors (Lipinski definition) is 1. The summed E-state index contributed by atoms with van der Waals surface area (Å²) in [4.78, 5) is 32.3. The zero-order valence-corrected chi connectivity index (χ0v) is 19.4. The van der Waals surface area contributed by atoms with E-state index < -0.39 is 5.41 Å². The molecule has 33 heavy (non-hydrogen) atoms. The average Bonchev–Trinajstić information content (AvgIpc) is 3.25. The first-order valence-electron chi connectivity index (χ1n) is 11.6. The first kappa shape index (κ1) is 22.7. The summed E-state index contributed by atoms with van der Waals surface area (Å²) in [5, 5.41) is 3.03. The second-order valence-corrected chi connectivity index (χ2v) is 8.98. The molecule has 5 heteroatoms. The number of nitrogens with zero attached hydrogens (tertiary/aromatic N) is 2. The van der Waals surface area contributed by atoms with E-state index in [-0.39, 0.29) is 11.8 Å². The average molecular weight is 442 g/mol. The van der Waals surface area contributed by atoms with Crippen LogP contribution in [0.3, 0.4) is 0 Å². The lowest BCUT2D eigenvalue weighted by Gasteiger charge is -2.28. The Morgan fingerprint density at radius 3 is 2.52 bits per heavy atom. The summed E-state index contributed by atoms with van der Waals surface area (Å²) in [6, 6.07) is 20.4. The maximum Gasteiger partial charge on any atom is 0.228 e. The molecule has 0 radical (unpaired) electrons. The maximum atomic E-state index is 13.2. The SMILES string of the molecule is CCNC(=O)[C@]1(Cc2cccc(-c3ccncc3)c2)CCN(C(=O)Cc2cccc(C)c2)C1.